The first kappa shape index (κ1) is 17.0. The molecule has 3 rings (SSSR count). The van der Waals surface area contributed by atoms with Crippen molar-refractivity contribution in [3.63, 3.8) is 0 Å². The summed E-state index contributed by atoms with van der Waals surface area (Å²) in [4.78, 5) is 30.9. The fourth-order valence-electron chi connectivity index (χ4n) is 3.17. The van der Waals surface area contributed by atoms with Crippen molar-refractivity contribution in [3.05, 3.63) is 38.1 Å². The van der Waals surface area contributed by atoms with Crippen molar-refractivity contribution in [2.24, 2.45) is 14.1 Å². The Morgan fingerprint density at radius 3 is 2.60 bits per heavy atom. The van der Waals surface area contributed by atoms with Crippen LogP contribution in [0.3, 0.4) is 0 Å². The molecule has 0 spiro atoms. The van der Waals surface area contributed by atoms with E-state index in [-0.39, 0.29) is 17.5 Å². The van der Waals surface area contributed by atoms with Gasteiger partial charge >= 0.3 is 5.69 Å². The van der Waals surface area contributed by atoms with E-state index in [1.54, 1.807) is 7.05 Å². The van der Waals surface area contributed by atoms with Gasteiger partial charge in [-0.2, -0.15) is 10.2 Å². The summed E-state index contributed by atoms with van der Waals surface area (Å²) >= 11 is 0. The first-order valence-electron chi connectivity index (χ1n) is 8.17. The second kappa shape index (κ2) is 6.20. The molecule has 25 heavy (non-hydrogen) atoms. The molecule has 2 aromatic heterocycles. The topological polar surface area (TPSA) is 110 Å². The van der Waals surface area contributed by atoms with Gasteiger partial charge in [0, 0.05) is 26.6 Å². The highest BCUT2D eigenvalue weighted by Crippen LogP contribution is 2.35. The number of hydrogen-bond donors (Lipinski definition) is 0. The summed E-state index contributed by atoms with van der Waals surface area (Å²) in [6, 6.07) is 1.71. The summed E-state index contributed by atoms with van der Waals surface area (Å²) in [7, 11) is 2.92. The van der Waals surface area contributed by atoms with Gasteiger partial charge in [-0.05, 0) is 12.8 Å². The molecular weight excluding hydrogens is 324 g/mol. The molecule has 0 radical (unpaired) electrons. The van der Waals surface area contributed by atoms with E-state index in [4.69, 9.17) is 4.52 Å². The van der Waals surface area contributed by atoms with E-state index in [9.17, 15) is 14.9 Å². The summed E-state index contributed by atoms with van der Waals surface area (Å²) in [6.45, 7) is 4.52. The molecule has 1 unspecified atom stereocenters. The van der Waals surface area contributed by atoms with Gasteiger partial charge in [0.25, 0.3) is 5.56 Å². The van der Waals surface area contributed by atoms with Gasteiger partial charge in [-0.1, -0.05) is 19.0 Å². The van der Waals surface area contributed by atoms with Gasteiger partial charge < -0.3 is 9.42 Å². The number of hydrogen-bond acceptors (Lipinski definition) is 7. The molecule has 0 N–H and O–H groups in total. The Morgan fingerprint density at radius 1 is 1.28 bits per heavy atom. The lowest BCUT2D eigenvalue weighted by molar-refractivity contribution is 0.357. The largest absolute Gasteiger partial charge is 0.346 e. The fourth-order valence-corrected chi connectivity index (χ4v) is 3.17. The smallest absolute Gasteiger partial charge is 0.332 e. The van der Waals surface area contributed by atoms with E-state index < -0.39 is 11.2 Å². The average molecular weight is 344 g/mol. The fraction of sp³-hybridized carbons (Fsp3) is 0.562. The van der Waals surface area contributed by atoms with Crippen molar-refractivity contribution in [3.8, 4) is 6.07 Å². The van der Waals surface area contributed by atoms with Crippen LogP contribution >= 0.6 is 0 Å². The van der Waals surface area contributed by atoms with Crippen molar-refractivity contribution in [1.29, 1.82) is 5.26 Å². The summed E-state index contributed by atoms with van der Waals surface area (Å²) in [6.07, 6.45) is 1.59. The van der Waals surface area contributed by atoms with Gasteiger partial charge in [0.1, 0.15) is 11.9 Å². The Morgan fingerprint density at radius 2 is 2.00 bits per heavy atom. The van der Waals surface area contributed by atoms with E-state index in [1.165, 1.54) is 11.6 Å². The maximum absolute atomic E-state index is 12.3. The summed E-state index contributed by atoms with van der Waals surface area (Å²) in [5, 5.41) is 13.5. The predicted molar refractivity (Wildman–Crippen MR) is 89.3 cm³/mol. The zero-order valence-corrected chi connectivity index (χ0v) is 14.7. The van der Waals surface area contributed by atoms with Crippen LogP contribution in [-0.2, 0) is 14.1 Å². The first-order chi connectivity index (χ1) is 11.9. The quantitative estimate of drug-likeness (QED) is 0.810. The molecule has 0 amide bonds. The van der Waals surface area contributed by atoms with Gasteiger partial charge in [0.05, 0.1) is 6.04 Å². The first-order valence-corrected chi connectivity index (χ1v) is 8.17. The van der Waals surface area contributed by atoms with E-state index in [1.807, 2.05) is 24.8 Å². The normalized spacial score (nSPS) is 17.3. The summed E-state index contributed by atoms with van der Waals surface area (Å²) in [5.41, 5.74) is -1.12. The van der Waals surface area contributed by atoms with Crippen LogP contribution in [0.15, 0.2) is 14.1 Å². The zero-order chi connectivity index (χ0) is 18.3. The maximum Gasteiger partial charge on any atom is 0.332 e. The number of nitrogens with zero attached hydrogens (tertiary/aromatic N) is 6. The Balaban J connectivity index is 2.14. The van der Waals surface area contributed by atoms with Crippen molar-refractivity contribution in [2.45, 2.75) is 38.6 Å². The van der Waals surface area contributed by atoms with Gasteiger partial charge in [0.2, 0.25) is 5.89 Å². The van der Waals surface area contributed by atoms with Crippen LogP contribution < -0.4 is 16.1 Å². The molecule has 0 bridgehead atoms. The standard InChI is InChI=1S/C16H20N6O3/c1-9(2)13-18-12(19-25-13)11-6-5-7-22(11)14-10(8-17)15(23)21(4)16(24)20(14)3/h9,11H,5-7H2,1-4H3. The van der Waals surface area contributed by atoms with Crippen molar-refractivity contribution in [2.75, 3.05) is 11.4 Å². The Kier molecular flexibility index (Phi) is 4.20. The van der Waals surface area contributed by atoms with Crippen LogP contribution in [0.5, 0.6) is 0 Å². The average Bonchev–Trinajstić information content (AvgIpc) is 3.24. The summed E-state index contributed by atoms with van der Waals surface area (Å²) < 4.78 is 7.57. The van der Waals surface area contributed by atoms with Crippen LogP contribution in [-0.4, -0.2) is 25.8 Å². The van der Waals surface area contributed by atoms with E-state index >= 15 is 0 Å². The molecule has 1 saturated heterocycles. The van der Waals surface area contributed by atoms with Gasteiger partial charge in [-0.3, -0.25) is 13.9 Å². The Labute approximate surface area is 144 Å². The van der Waals surface area contributed by atoms with Crippen LogP contribution in [0.25, 0.3) is 0 Å². The molecule has 0 aromatic carbocycles. The molecule has 0 aliphatic carbocycles. The number of anilines is 1. The maximum atomic E-state index is 12.3. The Bertz CT molecular complexity index is 962. The molecule has 3 heterocycles. The van der Waals surface area contributed by atoms with Crippen molar-refractivity contribution >= 4 is 5.82 Å². The molecule has 132 valence electrons. The van der Waals surface area contributed by atoms with Crippen molar-refractivity contribution < 1.29 is 4.52 Å². The van der Waals surface area contributed by atoms with Gasteiger partial charge in [-0.15, -0.1) is 0 Å². The lowest BCUT2D eigenvalue weighted by atomic mass is 10.2. The number of rotatable bonds is 3. The third-order valence-corrected chi connectivity index (χ3v) is 4.52. The van der Waals surface area contributed by atoms with Crippen LogP contribution in [0.2, 0.25) is 0 Å². The van der Waals surface area contributed by atoms with E-state index in [2.05, 4.69) is 10.1 Å². The third kappa shape index (κ3) is 2.63. The van der Waals surface area contributed by atoms with Crippen LogP contribution in [0, 0.1) is 11.3 Å². The van der Waals surface area contributed by atoms with E-state index in [0.717, 1.165) is 17.4 Å². The molecule has 2 aromatic rings. The Hall–Kier alpha value is -2.89. The lowest BCUT2D eigenvalue weighted by Crippen LogP contribution is -2.42. The highest BCUT2D eigenvalue weighted by Gasteiger charge is 2.34. The SMILES string of the molecule is CC(C)c1nc(C2CCCN2c2c(C#N)c(=O)n(C)c(=O)n2C)no1. The number of aromatic nitrogens is 4. The minimum absolute atomic E-state index is 0.0518. The van der Waals surface area contributed by atoms with Crippen LogP contribution in [0.1, 0.15) is 55.9 Å². The third-order valence-electron chi connectivity index (χ3n) is 4.52. The van der Waals surface area contributed by atoms with E-state index in [0.29, 0.717) is 24.1 Å². The second-order valence-corrected chi connectivity index (χ2v) is 6.51. The van der Waals surface area contributed by atoms with Gasteiger partial charge in [-0.25, -0.2) is 4.79 Å². The lowest BCUT2D eigenvalue weighted by Gasteiger charge is -2.27. The number of nitriles is 1. The predicted octanol–water partition coefficient (Wildman–Crippen LogP) is 0.804. The second-order valence-electron chi connectivity index (χ2n) is 6.51. The monoisotopic (exact) mass is 344 g/mol. The molecular formula is C16H20N6O3. The molecule has 9 heteroatoms. The molecule has 0 saturated carbocycles. The minimum Gasteiger partial charge on any atom is -0.346 e. The highest BCUT2D eigenvalue weighted by atomic mass is 16.5. The van der Waals surface area contributed by atoms with Crippen LogP contribution in [0.4, 0.5) is 5.82 Å². The zero-order valence-electron chi connectivity index (χ0n) is 14.7. The molecule has 1 fully saturated rings. The minimum atomic E-state index is -0.595. The highest BCUT2D eigenvalue weighted by molar-refractivity contribution is 5.55. The summed E-state index contributed by atoms with van der Waals surface area (Å²) in [5.74, 6) is 1.48. The molecule has 1 atom stereocenters. The molecule has 1 aliphatic heterocycles. The van der Waals surface area contributed by atoms with Gasteiger partial charge in [0.15, 0.2) is 11.4 Å². The van der Waals surface area contributed by atoms with Crippen molar-refractivity contribution in [1.82, 2.24) is 19.3 Å². The molecule has 9 nitrogen and oxygen atoms in total. The molecule has 1 aliphatic rings.